The minimum Gasteiger partial charge on any atom is -0.325 e. The van der Waals surface area contributed by atoms with E-state index in [1.165, 1.54) is 30.0 Å². The molecule has 22 heavy (non-hydrogen) atoms. The molecule has 0 fully saturated rings. The quantitative estimate of drug-likeness (QED) is 0.768. The molecule has 0 spiro atoms. The van der Waals surface area contributed by atoms with Crippen LogP contribution in [0.25, 0.3) is 0 Å². The maximum atomic E-state index is 12.1. The Bertz CT molecular complexity index is 788. The summed E-state index contributed by atoms with van der Waals surface area (Å²) in [6.07, 6.45) is 1.54. The summed E-state index contributed by atoms with van der Waals surface area (Å²) in [6.45, 7) is 1.72. The van der Waals surface area contributed by atoms with E-state index >= 15 is 0 Å². The topological polar surface area (TPSA) is 120 Å². The largest absolute Gasteiger partial charge is 0.325 e. The number of carbonyl (C=O) groups is 1. The van der Waals surface area contributed by atoms with Crippen LogP contribution in [0.5, 0.6) is 0 Å². The fourth-order valence-corrected chi connectivity index (χ4v) is 2.94. The first-order chi connectivity index (χ1) is 10.3. The standard InChI is InChI=1S/C12H15N5O3S2/c1-8(21-12-16-14-7-17(12)2)11(18)15-9-4-3-5-10(6-9)22(13,19)20/h3-8H,1-2H3,(H,15,18)(H2,13,19,20)/t8-/m1/s1. The van der Waals surface area contributed by atoms with Crippen LogP contribution in [-0.2, 0) is 21.9 Å². The van der Waals surface area contributed by atoms with Gasteiger partial charge in [0.25, 0.3) is 0 Å². The highest BCUT2D eigenvalue weighted by molar-refractivity contribution is 8.00. The van der Waals surface area contributed by atoms with E-state index in [1.54, 1.807) is 30.9 Å². The van der Waals surface area contributed by atoms with Crippen LogP contribution in [-0.4, -0.2) is 34.3 Å². The highest BCUT2D eigenvalue weighted by Gasteiger charge is 2.18. The Morgan fingerprint density at radius 2 is 2.18 bits per heavy atom. The van der Waals surface area contributed by atoms with Crippen molar-refractivity contribution >= 4 is 33.4 Å². The monoisotopic (exact) mass is 341 g/mol. The summed E-state index contributed by atoms with van der Waals surface area (Å²) in [5, 5.41) is 15.5. The lowest BCUT2D eigenvalue weighted by Crippen LogP contribution is -2.23. The molecule has 1 amide bonds. The predicted molar refractivity (Wildman–Crippen MR) is 82.8 cm³/mol. The van der Waals surface area contributed by atoms with Crippen LogP contribution in [0, 0.1) is 0 Å². The maximum Gasteiger partial charge on any atom is 0.238 e. The van der Waals surface area contributed by atoms with Crippen molar-refractivity contribution in [1.82, 2.24) is 14.8 Å². The number of benzene rings is 1. The second-order valence-corrected chi connectivity index (χ2v) is 7.42. The summed E-state index contributed by atoms with van der Waals surface area (Å²) in [6, 6.07) is 5.78. The van der Waals surface area contributed by atoms with Crippen molar-refractivity contribution in [2.24, 2.45) is 12.2 Å². The second kappa shape index (κ2) is 6.46. The molecule has 1 aromatic carbocycles. The molecule has 0 unspecified atom stereocenters. The van der Waals surface area contributed by atoms with Gasteiger partial charge >= 0.3 is 0 Å². The Kier molecular flexibility index (Phi) is 4.84. The number of thioether (sulfide) groups is 1. The molecule has 3 N–H and O–H groups in total. The van der Waals surface area contributed by atoms with Gasteiger partial charge < -0.3 is 9.88 Å². The molecule has 1 aromatic heterocycles. The molecule has 1 heterocycles. The van der Waals surface area contributed by atoms with Gasteiger partial charge in [-0.2, -0.15) is 0 Å². The minimum atomic E-state index is -3.81. The Balaban J connectivity index is 2.07. The molecule has 118 valence electrons. The van der Waals surface area contributed by atoms with Crippen molar-refractivity contribution < 1.29 is 13.2 Å². The third-order valence-corrected chi connectivity index (χ3v) is 4.81. The van der Waals surface area contributed by atoms with Crippen LogP contribution in [0.1, 0.15) is 6.92 Å². The van der Waals surface area contributed by atoms with E-state index in [2.05, 4.69) is 15.5 Å². The summed E-state index contributed by atoms with van der Waals surface area (Å²) in [7, 11) is -2.03. The first-order valence-corrected chi connectivity index (χ1v) is 8.64. The molecule has 0 aliphatic heterocycles. The molecule has 0 aliphatic rings. The van der Waals surface area contributed by atoms with Gasteiger partial charge in [0.2, 0.25) is 15.9 Å². The van der Waals surface area contributed by atoms with Crippen molar-refractivity contribution in [2.45, 2.75) is 22.2 Å². The molecule has 1 atom stereocenters. The van der Waals surface area contributed by atoms with Crippen LogP contribution >= 0.6 is 11.8 Å². The number of rotatable bonds is 5. The van der Waals surface area contributed by atoms with Gasteiger partial charge in [-0.3, -0.25) is 4.79 Å². The molecule has 0 radical (unpaired) electrons. The normalized spacial score (nSPS) is 12.9. The van der Waals surface area contributed by atoms with Crippen LogP contribution < -0.4 is 10.5 Å². The summed E-state index contributed by atoms with van der Waals surface area (Å²) >= 11 is 1.25. The van der Waals surface area contributed by atoms with Crippen molar-refractivity contribution in [3.8, 4) is 0 Å². The molecule has 0 saturated heterocycles. The van der Waals surface area contributed by atoms with Crippen LogP contribution in [0.3, 0.4) is 0 Å². The number of aromatic nitrogens is 3. The van der Waals surface area contributed by atoms with Gasteiger partial charge in [-0.15, -0.1) is 10.2 Å². The number of hydrogen-bond donors (Lipinski definition) is 2. The van der Waals surface area contributed by atoms with Crippen molar-refractivity contribution in [3.05, 3.63) is 30.6 Å². The van der Waals surface area contributed by atoms with Gasteiger partial charge in [0.1, 0.15) is 6.33 Å². The summed E-state index contributed by atoms with van der Waals surface area (Å²) in [5.74, 6) is -0.278. The van der Waals surface area contributed by atoms with Gasteiger partial charge in [0.05, 0.1) is 10.1 Å². The van der Waals surface area contributed by atoms with E-state index in [1.807, 2.05) is 0 Å². The first-order valence-electron chi connectivity index (χ1n) is 6.22. The lowest BCUT2D eigenvalue weighted by Gasteiger charge is -2.11. The van der Waals surface area contributed by atoms with Crippen LogP contribution in [0.4, 0.5) is 5.69 Å². The Hall–Kier alpha value is -1.91. The first kappa shape index (κ1) is 16.5. The average molecular weight is 341 g/mol. The SMILES string of the molecule is C[C@@H](Sc1nncn1C)C(=O)Nc1cccc(S(N)(=O)=O)c1. The van der Waals surface area contributed by atoms with Gasteiger partial charge in [-0.1, -0.05) is 17.8 Å². The predicted octanol–water partition coefficient (Wildman–Crippen LogP) is 0.582. The third kappa shape index (κ3) is 4.06. The zero-order valence-corrected chi connectivity index (χ0v) is 13.6. The molecule has 0 saturated carbocycles. The van der Waals surface area contributed by atoms with E-state index in [0.717, 1.165) is 0 Å². The molecular formula is C12H15N5O3S2. The molecule has 0 aliphatic carbocycles. The Morgan fingerprint density at radius 1 is 1.45 bits per heavy atom. The zero-order valence-electron chi connectivity index (χ0n) is 11.9. The molecule has 8 nitrogen and oxygen atoms in total. The molecular weight excluding hydrogens is 326 g/mol. The van der Waals surface area contributed by atoms with Gasteiger partial charge in [0, 0.05) is 12.7 Å². The summed E-state index contributed by atoms with van der Waals surface area (Å²) < 4.78 is 24.3. The minimum absolute atomic E-state index is 0.0566. The van der Waals surface area contributed by atoms with E-state index in [4.69, 9.17) is 5.14 Å². The van der Waals surface area contributed by atoms with E-state index in [9.17, 15) is 13.2 Å². The third-order valence-electron chi connectivity index (χ3n) is 2.75. The summed E-state index contributed by atoms with van der Waals surface area (Å²) in [4.78, 5) is 12.1. The maximum absolute atomic E-state index is 12.1. The van der Waals surface area contributed by atoms with E-state index < -0.39 is 15.3 Å². The number of nitrogens with zero attached hydrogens (tertiary/aromatic N) is 3. The zero-order chi connectivity index (χ0) is 16.3. The number of nitrogens with two attached hydrogens (primary N) is 1. The highest BCUT2D eigenvalue weighted by Crippen LogP contribution is 2.22. The molecule has 2 rings (SSSR count). The number of primary sulfonamides is 1. The van der Waals surface area contributed by atoms with Crippen molar-refractivity contribution in [3.63, 3.8) is 0 Å². The van der Waals surface area contributed by atoms with E-state index in [-0.39, 0.29) is 10.8 Å². The lowest BCUT2D eigenvalue weighted by molar-refractivity contribution is -0.115. The highest BCUT2D eigenvalue weighted by atomic mass is 32.2. The van der Waals surface area contributed by atoms with Crippen LogP contribution in [0.2, 0.25) is 0 Å². The van der Waals surface area contributed by atoms with Crippen LogP contribution in [0.15, 0.2) is 40.6 Å². The lowest BCUT2D eigenvalue weighted by atomic mass is 10.3. The average Bonchev–Trinajstić information content (AvgIpc) is 2.83. The number of sulfonamides is 1. The number of anilines is 1. The molecule has 10 heteroatoms. The van der Waals surface area contributed by atoms with Gasteiger partial charge in [-0.25, -0.2) is 13.6 Å². The van der Waals surface area contributed by atoms with Crippen molar-refractivity contribution in [2.75, 3.05) is 5.32 Å². The fourth-order valence-electron chi connectivity index (χ4n) is 1.59. The molecule has 0 bridgehead atoms. The Morgan fingerprint density at radius 3 is 2.77 bits per heavy atom. The number of aryl methyl sites for hydroxylation is 1. The Labute approximate surface area is 132 Å². The summed E-state index contributed by atoms with van der Waals surface area (Å²) in [5.41, 5.74) is 0.363. The number of amides is 1. The number of carbonyl (C=O) groups excluding carboxylic acids is 1. The van der Waals surface area contributed by atoms with Gasteiger partial charge in [0.15, 0.2) is 5.16 Å². The smallest absolute Gasteiger partial charge is 0.238 e. The molecule has 2 aromatic rings. The number of nitrogens with one attached hydrogen (secondary N) is 1. The number of hydrogen-bond acceptors (Lipinski definition) is 6. The fraction of sp³-hybridized carbons (Fsp3) is 0.250. The van der Waals surface area contributed by atoms with E-state index in [0.29, 0.717) is 10.8 Å². The second-order valence-electron chi connectivity index (χ2n) is 4.55. The van der Waals surface area contributed by atoms with Crippen molar-refractivity contribution in [1.29, 1.82) is 0 Å². The van der Waals surface area contributed by atoms with Gasteiger partial charge in [-0.05, 0) is 25.1 Å².